The van der Waals surface area contributed by atoms with Crippen molar-refractivity contribution in [3.05, 3.63) is 23.8 Å². The Morgan fingerprint density at radius 3 is 2.85 bits per heavy atom. The molecule has 142 valence electrons. The SMILES string of the molecule is CC(C(=O)NCCc1ccc2c(c1)OCCO2)N1CCCC(C(=O)O)C1. The third-order valence-electron chi connectivity index (χ3n) is 5.05. The number of ether oxygens (including phenoxy) is 2. The summed E-state index contributed by atoms with van der Waals surface area (Å²) >= 11 is 0. The summed E-state index contributed by atoms with van der Waals surface area (Å²) in [5.41, 5.74) is 1.08. The number of nitrogens with zero attached hydrogens (tertiary/aromatic N) is 1. The van der Waals surface area contributed by atoms with Crippen LogP contribution >= 0.6 is 0 Å². The molecule has 1 saturated heterocycles. The van der Waals surface area contributed by atoms with Gasteiger partial charge in [-0.1, -0.05) is 6.07 Å². The zero-order chi connectivity index (χ0) is 18.5. The Balaban J connectivity index is 1.47. The van der Waals surface area contributed by atoms with Crippen LogP contribution in [0.3, 0.4) is 0 Å². The Bertz CT molecular complexity index is 663. The predicted molar refractivity (Wildman–Crippen MR) is 95.5 cm³/mol. The minimum atomic E-state index is -0.777. The van der Waals surface area contributed by atoms with Crippen molar-refractivity contribution in [2.24, 2.45) is 5.92 Å². The Hall–Kier alpha value is -2.28. The highest BCUT2D eigenvalue weighted by atomic mass is 16.6. The lowest BCUT2D eigenvalue weighted by Gasteiger charge is -2.34. The number of carboxylic acids is 1. The van der Waals surface area contributed by atoms with Crippen LogP contribution in [-0.4, -0.2) is 60.8 Å². The van der Waals surface area contributed by atoms with E-state index in [-0.39, 0.29) is 17.9 Å². The number of rotatable bonds is 6. The van der Waals surface area contributed by atoms with Crippen LogP contribution in [0.15, 0.2) is 18.2 Å². The molecule has 0 radical (unpaired) electrons. The highest BCUT2D eigenvalue weighted by molar-refractivity contribution is 5.81. The van der Waals surface area contributed by atoms with Gasteiger partial charge in [-0.2, -0.15) is 0 Å². The summed E-state index contributed by atoms with van der Waals surface area (Å²) in [7, 11) is 0. The molecule has 26 heavy (non-hydrogen) atoms. The van der Waals surface area contributed by atoms with Crippen LogP contribution in [-0.2, 0) is 16.0 Å². The largest absolute Gasteiger partial charge is 0.486 e. The van der Waals surface area contributed by atoms with E-state index in [0.29, 0.717) is 39.1 Å². The van der Waals surface area contributed by atoms with Gasteiger partial charge in [-0.3, -0.25) is 14.5 Å². The fourth-order valence-corrected chi connectivity index (χ4v) is 3.45. The van der Waals surface area contributed by atoms with Crippen molar-refractivity contribution in [3.63, 3.8) is 0 Å². The zero-order valence-electron chi connectivity index (χ0n) is 15.1. The van der Waals surface area contributed by atoms with Crippen molar-refractivity contribution in [2.75, 3.05) is 32.8 Å². The maximum Gasteiger partial charge on any atom is 0.307 e. The summed E-state index contributed by atoms with van der Waals surface area (Å²) in [6, 6.07) is 5.50. The number of carboxylic acid groups (broad SMARTS) is 1. The van der Waals surface area contributed by atoms with E-state index in [1.165, 1.54) is 0 Å². The first-order valence-electron chi connectivity index (χ1n) is 9.17. The second kappa shape index (κ2) is 8.40. The molecule has 2 atom stereocenters. The van der Waals surface area contributed by atoms with Gasteiger partial charge in [0.2, 0.25) is 5.91 Å². The number of hydrogen-bond acceptors (Lipinski definition) is 5. The molecule has 1 aromatic carbocycles. The predicted octanol–water partition coefficient (Wildman–Crippen LogP) is 1.30. The van der Waals surface area contributed by atoms with Gasteiger partial charge < -0.3 is 19.9 Å². The fraction of sp³-hybridized carbons (Fsp3) is 0.579. The van der Waals surface area contributed by atoms with Crippen molar-refractivity contribution in [3.8, 4) is 11.5 Å². The molecule has 0 bridgehead atoms. The van der Waals surface area contributed by atoms with E-state index >= 15 is 0 Å². The molecule has 1 fully saturated rings. The summed E-state index contributed by atoms with van der Waals surface area (Å²) in [6.45, 7) is 4.69. The van der Waals surface area contributed by atoms with Crippen molar-refractivity contribution in [1.29, 1.82) is 0 Å². The molecule has 1 amide bonds. The highest BCUT2D eigenvalue weighted by Crippen LogP contribution is 2.30. The van der Waals surface area contributed by atoms with Crippen molar-refractivity contribution < 1.29 is 24.2 Å². The van der Waals surface area contributed by atoms with E-state index in [1.807, 2.05) is 30.0 Å². The topological polar surface area (TPSA) is 88.1 Å². The number of piperidine rings is 1. The van der Waals surface area contributed by atoms with Crippen LogP contribution < -0.4 is 14.8 Å². The third kappa shape index (κ3) is 4.46. The van der Waals surface area contributed by atoms with E-state index in [4.69, 9.17) is 9.47 Å². The van der Waals surface area contributed by atoms with E-state index in [0.717, 1.165) is 30.0 Å². The second-order valence-corrected chi connectivity index (χ2v) is 6.87. The lowest BCUT2D eigenvalue weighted by atomic mass is 9.97. The lowest BCUT2D eigenvalue weighted by molar-refractivity contribution is -0.145. The minimum Gasteiger partial charge on any atom is -0.486 e. The van der Waals surface area contributed by atoms with E-state index < -0.39 is 5.97 Å². The zero-order valence-corrected chi connectivity index (χ0v) is 15.1. The van der Waals surface area contributed by atoms with Gasteiger partial charge in [0.25, 0.3) is 0 Å². The highest BCUT2D eigenvalue weighted by Gasteiger charge is 2.30. The first kappa shape index (κ1) is 18.5. The molecule has 1 aromatic rings. The normalized spacial score (nSPS) is 21.0. The van der Waals surface area contributed by atoms with Crippen molar-refractivity contribution in [1.82, 2.24) is 10.2 Å². The number of aliphatic carboxylic acids is 1. The van der Waals surface area contributed by atoms with E-state index in [2.05, 4.69) is 5.32 Å². The van der Waals surface area contributed by atoms with Gasteiger partial charge in [-0.25, -0.2) is 0 Å². The molecule has 0 saturated carbocycles. The number of hydrogen-bond donors (Lipinski definition) is 2. The van der Waals surface area contributed by atoms with E-state index in [1.54, 1.807) is 0 Å². The molecule has 0 aliphatic carbocycles. The molecule has 7 heteroatoms. The molecule has 2 N–H and O–H groups in total. The molecule has 2 heterocycles. The number of likely N-dealkylation sites (tertiary alicyclic amines) is 1. The first-order chi connectivity index (χ1) is 12.5. The van der Waals surface area contributed by atoms with Crippen LogP contribution in [0.2, 0.25) is 0 Å². The number of carbonyl (C=O) groups is 2. The summed E-state index contributed by atoms with van der Waals surface area (Å²) in [5.74, 6) is 0.295. The standard InChI is InChI=1S/C19H26N2O5/c1-13(21-8-2-3-15(12-21)19(23)24)18(22)20-7-6-14-4-5-16-17(11-14)26-10-9-25-16/h4-5,11,13,15H,2-3,6-10,12H2,1H3,(H,20,22)(H,23,24). The quantitative estimate of drug-likeness (QED) is 0.793. The molecular formula is C19H26N2O5. The average molecular weight is 362 g/mol. The Morgan fingerprint density at radius 1 is 1.31 bits per heavy atom. The van der Waals surface area contributed by atoms with Gasteiger partial charge in [0.05, 0.1) is 12.0 Å². The van der Waals surface area contributed by atoms with Gasteiger partial charge in [-0.15, -0.1) is 0 Å². The van der Waals surface area contributed by atoms with Gasteiger partial charge in [0.1, 0.15) is 13.2 Å². The molecule has 0 spiro atoms. The number of benzene rings is 1. The lowest BCUT2D eigenvalue weighted by Crippen LogP contribution is -2.50. The van der Waals surface area contributed by atoms with Crippen LogP contribution in [0.1, 0.15) is 25.3 Å². The van der Waals surface area contributed by atoms with Crippen LogP contribution in [0.25, 0.3) is 0 Å². The number of fused-ring (bicyclic) bond motifs is 1. The average Bonchev–Trinajstić information content (AvgIpc) is 2.67. The van der Waals surface area contributed by atoms with Gasteiger partial charge in [-0.05, 0) is 50.4 Å². The summed E-state index contributed by atoms with van der Waals surface area (Å²) in [5, 5.41) is 12.1. The molecule has 3 rings (SSSR count). The number of amides is 1. The maximum absolute atomic E-state index is 12.4. The molecule has 2 unspecified atom stereocenters. The molecule has 7 nitrogen and oxygen atoms in total. The molecule has 0 aromatic heterocycles. The monoisotopic (exact) mass is 362 g/mol. The maximum atomic E-state index is 12.4. The molecular weight excluding hydrogens is 336 g/mol. The van der Waals surface area contributed by atoms with Crippen LogP contribution in [0, 0.1) is 5.92 Å². The summed E-state index contributed by atoms with van der Waals surface area (Å²) in [4.78, 5) is 25.5. The Kier molecular flexibility index (Phi) is 5.98. The number of carbonyl (C=O) groups excluding carboxylic acids is 1. The van der Waals surface area contributed by atoms with Gasteiger partial charge in [0, 0.05) is 13.1 Å². The first-order valence-corrected chi connectivity index (χ1v) is 9.17. The molecule has 2 aliphatic heterocycles. The third-order valence-corrected chi connectivity index (χ3v) is 5.05. The van der Waals surface area contributed by atoms with Crippen LogP contribution in [0.5, 0.6) is 11.5 Å². The fourth-order valence-electron chi connectivity index (χ4n) is 3.45. The molecule has 2 aliphatic rings. The summed E-state index contributed by atoms with van der Waals surface area (Å²) < 4.78 is 11.1. The van der Waals surface area contributed by atoms with Crippen LogP contribution in [0.4, 0.5) is 0 Å². The Morgan fingerprint density at radius 2 is 2.08 bits per heavy atom. The Labute approximate surface area is 153 Å². The number of nitrogens with one attached hydrogen (secondary N) is 1. The van der Waals surface area contributed by atoms with Crippen molar-refractivity contribution >= 4 is 11.9 Å². The van der Waals surface area contributed by atoms with E-state index in [9.17, 15) is 14.7 Å². The smallest absolute Gasteiger partial charge is 0.307 e. The van der Waals surface area contributed by atoms with Crippen molar-refractivity contribution in [2.45, 2.75) is 32.2 Å². The van der Waals surface area contributed by atoms with Gasteiger partial charge in [0.15, 0.2) is 11.5 Å². The summed E-state index contributed by atoms with van der Waals surface area (Å²) in [6.07, 6.45) is 2.20. The second-order valence-electron chi connectivity index (χ2n) is 6.87. The minimum absolute atomic E-state index is 0.0615. The van der Waals surface area contributed by atoms with Gasteiger partial charge >= 0.3 is 5.97 Å².